The first kappa shape index (κ1) is 17.9. The minimum Gasteiger partial charge on any atom is -0.438 e. The highest BCUT2D eigenvalue weighted by Crippen LogP contribution is 2.34. The molecule has 0 atom stereocenters. The molecule has 2 N–H and O–H groups in total. The average molecular weight is 327 g/mol. The van der Waals surface area contributed by atoms with E-state index >= 15 is 0 Å². The van der Waals surface area contributed by atoms with E-state index in [9.17, 15) is 5.26 Å². The van der Waals surface area contributed by atoms with Crippen LogP contribution >= 0.6 is 0 Å². The van der Waals surface area contributed by atoms with E-state index in [0.29, 0.717) is 42.9 Å². The first-order chi connectivity index (χ1) is 11.5. The predicted octanol–water partition coefficient (Wildman–Crippen LogP) is 4.20. The van der Waals surface area contributed by atoms with Gasteiger partial charge in [-0.05, 0) is 37.0 Å². The third kappa shape index (κ3) is 3.90. The topological polar surface area (TPSA) is 73.2 Å². The van der Waals surface area contributed by atoms with Crippen LogP contribution in [0.3, 0.4) is 0 Å². The lowest BCUT2D eigenvalue weighted by Gasteiger charge is -2.15. The number of hydrogen-bond acceptors (Lipinski definition) is 4. The quantitative estimate of drug-likeness (QED) is 0.773. The molecule has 5 nitrogen and oxygen atoms in total. The lowest BCUT2D eigenvalue weighted by atomic mass is 10.0. The molecule has 24 heavy (non-hydrogen) atoms. The molecule has 0 fully saturated rings. The number of anilines is 1. The Kier molecular flexibility index (Phi) is 5.88. The van der Waals surface area contributed by atoms with Gasteiger partial charge in [0.25, 0.3) is 0 Å². The van der Waals surface area contributed by atoms with Crippen molar-refractivity contribution in [2.24, 2.45) is 0 Å². The van der Waals surface area contributed by atoms with E-state index in [1.165, 1.54) is 5.56 Å². The van der Waals surface area contributed by atoms with Crippen molar-refractivity contribution in [2.75, 3.05) is 18.9 Å². The fourth-order valence-electron chi connectivity index (χ4n) is 2.47. The van der Waals surface area contributed by atoms with Crippen LogP contribution in [0, 0.1) is 18.3 Å². The third-order valence-electron chi connectivity index (χ3n) is 3.94. The number of aromatic nitrogens is 1. The van der Waals surface area contributed by atoms with Crippen LogP contribution < -0.4 is 10.5 Å². The summed E-state index contributed by atoms with van der Waals surface area (Å²) in [7, 11) is 0. The van der Waals surface area contributed by atoms with Crippen LogP contribution in [0.25, 0.3) is 0 Å². The van der Waals surface area contributed by atoms with Gasteiger partial charge in [-0.15, -0.1) is 0 Å². The van der Waals surface area contributed by atoms with Gasteiger partial charge in [-0.1, -0.05) is 26.0 Å². The molecule has 2 aromatic rings. The van der Waals surface area contributed by atoms with Gasteiger partial charge in [-0.2, -0.15) is 5.26 Å². The zero-order valence-electron chi connectivity index (χ0n) is 14.8. The van der Waals surface area contributed by atoms with E-state index in [-0.39, 0.29) is 0 Å². The molecule has 1 aromatic heterocycles. The highest BCUT2D eigenvalue weighted by Gasteiger charge is 2.16. The highest BCUT2D eigenvalue weighted by molar-refractivity contribution is 5.57. The number of ether oxygens (including phenoxy) is 2. The first-order valence-electron chi connectivity index (χ1n) is 8.23. The Labute approximate surface area is 143 Å². The summed E-state index contributed by atoms with van der Waals surface area (Å²) in [6.45, 7) is 9.86. The fraction of sp³-hybridized carbons (Fsp3) is 0.421. The van der Waals surface area contributed by atoms with Crippen LogP contribution in [0.15, 0.2) is 24.3 Å². The van der Waals surface area contributed by atoms with Gasteiger partial charge in [-0.3, -0.25) is 4.57 Å². The number of nitrogens with two attached hydrogens (primary N) is 1. The van der Waals surface area contributed by atoms with E-state index in [2.05, 4.69) is 26.0 Å². The van der Waals surface area contributed by atoms with E-state index in [4.69, 9.17) is 15.2 Å². The van der Waals surface area contributed by atoms with Crippen molar-refractivity contribution >= 4 is 5.69 Å². The average Bonchev–Trinajstić information content (AvgIpc) is 2.85. The highest BCUT2D eigenvalue weighted by atomic mass is 16.5. The van der Waals surface area contributed by atoms with Crippen molar-refractivity contribution in [3.63, 3.8) is 0 Å². The monoisotopic (exact) mass is 327 g/mol. The van der Waals surface area contributed by atoms with Gasteiger partial charge >= 0.3 is 0 Å². The molecule has 0 unspecified atom stereocenters. The zero-order chi connectivity index (χ0) is 17.7. The Morgan fingerprint density at radius 2 is 2.04 bits per heavy atom. The number of benzene rings is 1. The third-order valence-corrected chi connectivity index (χ3v) is 3.94. The van der Waals surface area contributed by atoms with E-state index in [0.717, 1.165) is 11.3 Å². The number of nitrogen functional groups attached to an aromatic ring is 1. The molecule has 0 saturated heterocycles. The Balaban J connectivity index is 2.37. The van der Waals surface area contributed by atoms with Crippen LogP contribution in [-0.2, 0) is 11.3 Å². The lowest BCUT2D eigenvalue weighted by molar-refractivity contribution is 0.137. The smallest absolute Gasteiger partial charge is 0.224 e. The maximum absolute atomic E-state index is 9.33. The molecule has 0 aliphatic rings. The van der Waals surface area contributed by atoms with Crippen molar-refractivity contribution in [1.82, 2.24) is 4.57 Å². The molecular formula is C19H25N3O2. The molecule has 0 spiro atoms. The molecule has 0 radical (unpaired) electrons. The number of hydrogen-bond donors (Lipinski definition) is 1. The van der Waals surface area contributed by atoms with Crippen molar-refractivity contribution < 1.29 is 9.47 Å². The van der Waals surface area contributed by atoms with Crippen molar-refractivity contribution in [3.05, 3.63) is 41.1 Å². The van der Waals surface area contributed by atoms with Gasteiger partial charge in [0, 0.05) is 12.7 Å². The summed E-state index contributed by atoms with van der Waals surface area (Å²) in [5, 5.41) is 9.33. The van der Waals surface area contributed by atoms with Crippen LogP contribution in [0.4, 0.5) is 5.69 Å². The molecule has 128 valence electrons. The molecule has 0 bridgehead atoms. The van der Waals surface area contributed by atoms with Crippen molar-refractivity contribution in [1.29, 1.82) is 5.26 Å². The van der Waals surface area contributed by atoms with Crippen molar-refractivity contribution in [3.8, 4) is 17.7 Å². The summed E-state index contributed by atoms with van der Waals surface area (Å²) < 4.78 is 13.3. The van der Waals surface area contributed by atoms with E-state index in [1.807, 2.05) is 26.0 Å². The minimum absolute atomic E-state index is 0.407. The summed E-state index contributed by atoms with van der Waals surface area (Å²) in [6.07, 6.45) is 0. The second-order valence-corrected chi connectivity index (χ2v) is 6.03. The summed E-state index contributed by atoms with van der Waals surface area (Å²) in [5.74, 6) is 1.66. The number of nitrogens with zero attached hydrogens (tertiary/aromatic N) is 2. The summed E-state index contributed by atoms with van der Waals surface area (Å²) in [4.78, 5) is 0. The lowest BCUT2D eigenvalue weighted by Crippen LogP contribution is -2.09. The first-order valence-corrected chi connectivity index (χ1v) is 8.23. The Hall–Kier alpha value is -2.45. The van der Waals surface area contributed by atoms with Gasteiger partial charge in [0.15, 0.2) is 0 Å². The number of rotatable bonds is 7. The van der Waals surface area contributed by atoms with Crippen LogP contribution in [-0.4, -0.2) is 17.8 Å². The number of nitriles is 1. The van der Waals surface area contributed by atoms with Gasteiger partial charge in [0.05, 0.1) is 18.8 Å². The zero-order valence-corrected chi connectivity index (χ0v) is 14.8. The van der Waals surface area contributed by atoms with Gasteiger partial charge in [0.1, 0.15) is 17.5 Å². The maximum Gasteiger partial charge on any atom is 0.224 e. The summed E-state index contributed by atoms with van der Waals surface area (Å²) in [5.41, 5.74) is 9.23. The van der Waals surface area contributed by atoms with Gasteiger partial charge < -0.3 is 15.2 Å². The molecular weight excluding hydrogens is 302 g/mol. The summed E-state index contributed by atoms with van der Waals surface area (Å²) in [6, 6.07) is 9.98. The van der Waals surface area contributed by atoms with Crippen molar-refractivity contribution in [2.45, 2.75) is 40.2 Å². The van der Waals surface area contributed by atoms with Crippen LogP contribution in [0.2, 0.25) is 0 Å². The van der Waals surface area contributed by atoms with Crippen LogP contribution in [0.1, 0.15) is 43.5 Å². The van der Waals surface area contributed by atoms with Gasteiger partial charge in [0.2, 0.25) is 5.88 Å². The predicted molar refractivity (Wildman–Crippen MR) is 95.4 cm³/mol. The second-order valence-electron chi connectivity index (χ2n) is 6.03. The normalized spacial score (nSPS) is 10.8. The van der Waals surface area contributed by atoms with Gasteiger partial charge in [-0.25, -0.2) is 0 Å². The fourth-order valence-corrected chi connectivity index (χ4v) is 2.47. The SMILES string of the molecule is CCOCCn1c(C#N)cc(N)c1Oc1cc(C(C)C)ccc1C. The largest absolute Gasteiger partial charge is 0.438 e. The second kappa shape index (κ2) is 7.89. The van der Waals surface area contributed by atoms with Crippen LogP contribution in [0.5, 0.6) is 11.6 Å². The van der Waals surface area contributed by atoms with E-state index in [1.54, 1.807) is 10.6 Å². The van der Waals surface area contributed by atoms with E-state index < -0.39 is 0 Å². The number of aryl methyl sites for hydroxylation is 1. The molecule has 1 aromatic carbocycles. The molecule has 2 rings (SSSR count). The summed E-state index contributed by atoms with van der Waals surface area (Å²) >= 11 is 0. The Morgan fingerprint density at radius 1 is 1.29 bits per heavy atom. The standard InChI is InChI=1S/C19H25N3O2/c1-5-23-9-8-22-16(12-20)11-17(21)19(22)24-18-10-15(13(2)3)7-6-14(18)4/h6-7,10-11,13H,5,8-9,21H2,1-4H3. The molecule has 0 saturated carbocycles. The molecule has 0 amide bonds. The molecule has 0 aliphatic heterocycles. The maximum atomic E-state index is 9.33. The Bertz CT molecular complexity index is 742. The Morgan fingerprint density at radius 3 is 2.67 bits per heavy atom. The molecule has 0 aliphatic carbocycles. The minimum atomic E-state index is 0.407. The molecule has 5 heteroatoms. The molecule has 1 heterocycles.